The number of unbranched alkanes of at least 4 members (excludes halogenated alkanes) is 1. The Hall–Kier alpha value is -1.11. The van der Waals surface area contributed by atoms with Crippen molar-refractivity contribution < 1.29 is 0 Å². The third-order valence-corrected chi connectivity index (χ3v) is 4.13. The number of tetrazole rings is 1. The van der Waals surface area contributed by atoms with Crippen LogP contribution in [0.1, 0.15) is 18.7 Å². The van der Waals surface area contributed by atoms with Gasteiger partial charge in [0.15, 0.2) is 5.82 Å². The van der Waals surface area contributed by atoms with Crippen molar-refractivity contribution in [3.8, 4) is 0 Å². The summed E-state index contributed by atoms with van der Waals surface area (Å²) in [5.41, 5.74) is 5.48. The molecule has 0 saturated carbocycles. The van der Waals surface area contributed by atoms with Crippen molar-refractivity contribution in [1.29, 1.82) is 0 Å². The Kier molecular flexibility index (Phi) is 5.62. The standard InChI is InChI=1S/C12H16ClN5S/c13-10-5-1-2-6-11(10)19-9-12-15-16-17-18(12)8-4-3-7-14/h1-2,5-6H,3-4,7-9,14H2. The predicted molar refractivity (Wildman–Crippen MR) is 77.1 cm³/mol. The third kappa shape index (κ3) is 4.19. The molecule has 1 aromatic carbocycles. The number of hydrogen-bond donors (Lipinski definition) is 1. The smallest absolute Gasteiger partial charge is 0.161 e. The molecule has 0 saturated heterocycles. The number of rotatable bonds is 7. The number of nitrogens with two attached hydrogens (primary N) is 1. The van der Waals surface area contributed by atoms with Crippen LogP contribution >= 0.6 is 23.4 Å². The lowest BCUT2D eigenvalue weighted by molar-refractivity contribution is 0.532. The molecule has 0 unspecified atom stereocenters. The summed E-state index contributed by atoms with van der Waals surface area (Å²) >= 11 is 7.75. The van der Waals surface area contributed by atoms with Gasteiger partial charge in [0.05, 0.1) is 10.8 Å². The highest BCUT2D eigenvalue weighted by Gasteiger charge is 2.07. The highest BCUT2D eigenvalue weighted by Crippen LogP contribution is 2.28. The molecular formula is C12H16ClN5S. The summed E-state index contributed by atoms with van der Waals surface area (Å²) in [6.45, 7) is 1.51. The fraction of sp³-hybridized carbons (Fsp3) is 0.417. The van der Waals surface area contributed by atoms with Gasteiger partial charge in [0.25, 0.3) is 0 Å². The lowest BCUT2D eigenvalue weighted by Crippen LogP contribution is -2.07. The minimum absolute atomic E-state index is 0.700. The molecule has 0 aliphatic heterocycles. The van der Waals surface area contributed by atoms with Crippen molar-refractivity contribution in [2.75, 3.05) is 6.54 Å². The number of nitrogens with zero attached hydrogens (tertiary/aromatic N) is 4. The second-order valence-electron chi connectivity index (χ2n) is 4.03. The first-order chi connectivity index (χ1) is 9.31. The molecule has 5 nitrogen and oxygen atoms in total. The summed E-state index contributed by atoms with van der Waals surface area (Å²) in [6, 6.07) is 7.77. The van der Waals surface area contributed by atoms with Crippen molar-refractivity contribution in [1.82, 2.24) is 20.2 Å². The first kappa shape index (κ1) is 14.3. The molecule has 0 amide bonds. The number of aromatic nitrogens is 4. The van der Waals surface area contributed by atoms with Crippen LogP contribution in [-0.4, -0.2) is 26.8 Å². The van der Waals surface area contributed by atoms with E-state index in [0.717, 1.165) is 35.1 Å². The zero-order chi connectivity index (χ0) is 13.5. The molecule has 7 heteroatoms. The van der Waals surface area contributed by atoms with Crippen molar-refractivity contribution in [3.63, 3.8) is 0 Å². The predicted octanol–water partition coefficient (Wildman–Crippen LogP) is 2.36. The third-order valence-electron chi connectivity index (χ3n) is 2.62. The average molecular weight is 298 g/mol. The van der Waals surface area contributed by atoms with Crippen LogP contribution < -0.4 is 5.73 Å². The normalized spacial score (nSPS) is 10.8. The molecule has 0 aliphatic rings. The molecule has 0 atom stereocenters. The van der Waals surface area contributed by atoms with Gasteiger partial charge in [-0.1, -0.05) is 23.7 Å². The highest BCUT2D eigenvalue weighted by atomic mass is 35.5. The van der Waals surface area contributed by atoms with Crippen LogP contribution in [0.4, 0.5) is 0 Å². The quantitative estimate of drug-likeness (QED) is 0.627. The maximum Gasteiger partial charge on any atom is 0.161 e. The first-order valence-electron chi connectivity index (χ1n) is 6.13. The summed E-state index contributed by atoms with van der Waals surface area (Å²) in [6.07, 6.45) is 1.97. The summed E-state index contributed by atoms with van der Waals surface area (Å²) < 4.78 is 1.83. The van der Waals surface area contributed by atoms with Gasteiger partial charge < -0.3 is 5.73 Å². The Balaban J connectivity index is 1.93. The van der Waals surface area contributed by atoms with Crippen molar-refractivity contribution in [2.24, 2.45) is 5.73 Å². The van der Waals surface area contributed by atoms with E-state index >= 15 is 0 Å². The van der Waals surface area contributed by atoms with E-state index in [1.165, 1.54) is 0 Å². The Morgan fingerprint density at radius 1 is 1.26 bits per heavy atom. The molecular weight excluding hydrogens is 282 g/mol. The maximum atomic E-state index is 6.11. The van der Waals surface area contributed by atoms with Crippen LogP contribution in [0.15, 0.2) is 29.2 Å². The summed E-state index contributed by atoms with van der Waals surface area (Å²) in [5, 5.41) is 12.5. The zero-order valence-corrected chi connectivity index (χ0v) is 12.1. The minimum atomic E-state index is 0.700. The van der Waals surface area contributed by atoms with Gasteiger partial charge in [-0.25, -0.2) is 4.68 Å². The average Bonchev–Trinajstić information content (AvgIpc) is 2.86. The second kappa shape index (κ2) is 7.47. The van der Waals surface area contributed by atoms with Crippen LogP contribution in [0.5, 0.6) is 0 Å². The summed E-state index contributed by atoms with van der Waals surface area (Å²) in [7, 11) is 0. The molecule has 0 spiro atoms. The van der Waals surface area contributed by atoms with Crippen molar-refractivity contribution in [2.45, 2.75) is 30.0 Å². The van der Waals surface area contributed by atoms with E-state index in [9.17, 15) is 0 Å². The van der Waals surface area contributed by atoms with Crippen LogP contribution in [0.3, 0.4) is 0 Å². The molecule has 0 radical (unpaired) electrons. The number of aryl methyl sites for hydroxylation is 1. The van der Waals surface area contributed by atoms with Crippen molar-refractivity contribution >= 4 is 23.4 Å². The van der Waals surface area contributed by atoms with E-state index in [2.05, 4.69) is 15.5 Å². The lowest BCUT2D eigenvalue weighted by atomic mass is 10.3. The number of benzene rings is 1. The number of thioether (sulfide) groups is 1. The SMILES string of the molecule is NCCCCn1nnnc1CSc1ccccc1Cl. The number of hydrogen-bond acceptors (Lipinski definition) is 5. The van der Waals surface area contributed by atoms with Gasteiger partial charge in [-0.15, -0.1) is 16.9 Å². The Morgan fingerprint density at radius 3 is 2.89 bits per heavy atom. The molecule has 0 aliphatic carbocycles. The van der Waals surface area contributed by atoms with Gasteiger partial charge >= 0.3 is 0 Å². The first-order valence-corrected chi connectivity index (χ1v) is 7.50. The van der Waals surface area contributed by atoms with Crippen LogP contribution in [-0.2, 0) is 12.3 Å². The Morgan fingerprint density at radius 2 is 2.11 bits per heavy atom. The molecule has 19 heavy (non-hydrogen) atoms. The molecule has 0 bridgehead atoms. The largest absolute Gasteiger partial charge is 0.330 e. The topological polar surface area (TPSA) is 69.6 Å². The van der Waals surface area contributed by atoms with Gasteiger partial charge in [-0.2, -0.15) is 0 Å². The van der Waals surface area contributed by atoms with Gasteiger partial charge in [0.1, 0.15) is 0 Å². The highest BCUT2D eigenvalue weighted by molar-refractivity contribution is 7.98. The maximum absolute atomic E-state index is 6.11. The van der Waals surface area contributed by atoms with E-state index in [0.29, 0.717) is 12.3 Å². The van der Waals surface area contributed by atoms with Crippen molar-refractivity contribution in [3.05, 3.63) is 35.1 Å². The van der Waals surface area contributed by atoms with E-state index in [1.54, 1.807) is 11.8 Å². The molecule has 2 rings (SSSR count). The summed E-state index contributed by atoms with van der Waals surface area (Å²) in [5.74, 6) is 1.57. The van der Waals surface area contributed by atoms with E-state index in [4.69, 9.17) is 17.3 Å². The molecule has 2 N–H and O–H groups in total. The van der Waals surface area contributed by atoms with E-state index in [1.807, 2.05) is 28.9 Å². The fourth-order valence-corrected chi connectivity index (χ4v) is 2.78. The van der Waals surface area contributed by atoms with Crippen LogP contribution in [0.2, 0.25) is 5.02 Å². The minimum Gasteiger partial charge on any atom is -0.330 e. The van der Waals surface area contributed by atoms with Crippen LogP contribution in [0, 0.1) is 0 Å². The van der Waals surface area contributed by atoms with E-state index in [-0.39, 0.29) is 0 Å². The molecule has 102 valence electrons. The van der Waals surface area contributed by atoms with Gasteiger partial charge in [0, 0.05) is 11.4 Å². The fourth-order valence-electron chi connectivity index (χ4n) is 1.61. The lowest BCUT2D eigenvalue weighted by Gasteiger charge is -2.05. The molecule has 0 fully saturated rings. The van der Waals surface area contributed by atoms with Gasteiger partial charge in [-0.3, -0.25) is 0 Å². The van der Waals surface area contributed by atoms with Crippen LogP contribution in [0.25, 0.3) is 0 Å². The Labute approximate surface area is 121 Å². The van der Waals surface area contributed by atoms with Gasteiger partial charge in [-0.05, 0) is 41.9 Å². The van der Waals surface area contributed by atoms with E-state index < -0.39 is 0 Å². The molecule has 1 aromatic heterocycles. The second-order valence-corrected chi connectivity index (χ2v) is 5.46. The Bertz CT molecular complexity index is 516. The molecule has 2 aromatic rings. The molecule has 1 heterocycles. The monoisotopic (exact) mass is 297 g/mol. The zero-order valence-electron chi connectivity index (χ0n) is 10.5. The summed E-state index contributed by atoms with van der Waals surface area (Å²) in [4.78, 5) is 1.04. The number of halogens is 1. The van der Waals surface area contributed by atoms with Gasteiger partial charge in [0.2, 0.25) is 0 Å².